The van der Waals surface area contributed by atoms with Crippen molar-refractivity contribution >= 4 is 11.8 Å². The summed E-state index contributed by atoms with van der Waals surface area (Å²) in [4.78, 5) is 23.0. The summed E-state index contributed by atoms with van der Waals surface area (Å²) >= 11 is 0. The molecule has 0 aliphatic heterocycles. The van der Waals surface area contributed by atoms with Crippen LogP contribution in [0.4, 0.5) is 0 Å². The number of hydrogen-bond donors (Lipinski definition) is 0. The average molecular weight is 264 g/mol. The molecule has 0 bridgehead atoms. The molecular weight excluding hydrogens is 248 g/mol. The van der Waals surface area contributed by atoms with Gasteiger partial charge in [-0.15, -0.1) is 0 Å². The van der Waals surface area contributed by atoms with Crippen molar-refractivity contribution in [2.24, 2.45) is 0 Å². The van der Waals surface area contributed by atoms with Crippen LogP contribution in [0.1, 0.15) is 10.4 Å². The van der Waals surface area contributed by atoms with Gasteiger partial charge in [-0.25, -0.2) is 4.79 Å². The van der Waals surface area contributed by atoms with Crippen molar-refractivity contribution in [2.75, 3.05) is 26.4 Å². The molecule has 0 N–H and O–H groups in total. The summed E-state index contributed by atoms with van der Waals surface area (Å²) < 4.78 is 14.7. The SMILES string of the molecule is C=COCCOCCOC(=O)C(=O)c1ccccc1. The highest BCUT2D eigenvalue weighted by Crippen LogP contribution is 2.01. The van der Waals surface area contributed by atoms with E-state index in [1.807, 2.05) is 0 Å². The zero-order chi connectivity index (χ0) is 13.9. The van der Waals surface area contributed by atoms with E-state index in [1.54, 1.807) is 30.3 Å². The minimum atomic E-state index is -0.878. The zero-order valence-electron chi connectivity index (χ0n) is 10.5. The lowest BCUT2D eigenvalue weighted by Crippen LogP contribution is -2.20. The standard InChI is InChI=1S/C14H16O5/c1-2-17-8-9-18-10-11-19-14(16)13(15)12-6-4-3-5-7-12/h2-7H,1,8-11H2. The van der Waals surface area contributed by atoms with Crippen molar-refractivity contribution in [1.29, 1.82) is 0 Å². The first kappa shape index (κ1) is 14.9. The van der Waals surface area contributed by atoms with E-state index in [0.717, 1.165) is 0 Å². The largest absolute Gasteiger partial charge is 0.499 e. The first-order valence-electron chi connectivity index (χ1n) is 5.82. The van der Waals surface area contributed by atoms with Gasteiger partial charge in [0, 0.05) is 5.56 Å². The Kier molecular flexibility index (Phi) is 6.97. The van der Waals surface area contributed by atoms with E-state index in [4.69, 9.17) is 14.2 Å². The number of ether oxygens (including phenoxy) is 3. The first-order chi connectivity index (χ1) is 9.25. The molecule has 1 aromatic rings. The molecule has 0 spiro atoms. The van der Waals surface area contributed by atoms with Gasteiger partial charge in [-0.3, -0.25) is 4.79 Å². The van der Waals surface area contributed by atoms with Crippen LogP contribution in [-0.4, -0.2) is 38.2 Å². The van der Waals surface area contributed by atoms with Crippen LogP contribution in [0, 0.1) is 0 Å². The second kappa shape index (κ2) is 8.88. The second-order valence-corrected chi connectivity index (χ2v) is 3.48. The Morgan fingerprint density at radius 3 is 2.42 bits per heavy atom. The third kappa shape index (κ3) is 5.83. The van der Waals surface area contributed by atoms with Gasteiger partial charge >= 0.3 is 5.97 Å². The van der Waals surface area contributed by atoms with Crippen LogP contribution in [0.2, 0.25) is 0 Å². The van der Waals surface area contributed by atoms with Crippen LogP contribution in [-0.2, 0) is 19.0 Å². The molecule has 5 heteroatoms. The molecule has 0 atom stereocenters. The van der Waals surface area contributed by atoms with E-state index >= 15 is 0 Å². The lowest BCUT2D eigenvalue weighted by molar-refractivity contribution is -0.139. The molecule has 0 aromatic heterocycles. The van der Waals surface area contributed by atoms with Crippen molar-refractivity contribution in [3.8, 4) is 0 Å². The molecule has 19 heavy (non-hydrogen) atoms. The van der Waals surface area contributed by atoms with Crippen molar-refractivity contribution in [3.05, 3.63) is 48.7 Å². The van der Waals surface area contributed by atoms with E-state index in [1.165, 1.54) is 6.26 Å². The molecule has 0 heterocycles. The van der Waals surface area contributed by atoms with Crippen molar-refractivity contribution < 1.29 is 23.8 Å². The number of benzene rings is 1. The van der Waals surface area contributed by atoms with E-state index in [9.17, 15) is 9.59 Å². The van der Waals surface area contributed by atoms with Gasteiger partial charge < -0.3 is 14.2 Å². The maximum absolute atomic E-state index is 11.6. The van der Waals surface area contributed by atoms with Crippen LogP contribution < -0.4 is 0 Å². The van der Waals surface area contributed by atoms with Crippen LogP contribution in [0.25, 0.3) is 0 Å². The fraction of sp³-hybridized carbons (Fsp3) is 0.286. The Morgan fingerprint density at radius 2 is 1.74 bits per heavy atom. The highest BCUT2D eigenvalue weighted by molar-refractivity contribution is 6.40. The average Bonchev–Trinajstić information content (AvgIpc) is 2.46. The molecule has 0 fully saturated rings. The summed E-state index contributed by atoms with van der Waals surface area (Å²) in [7, 11) is 0. The van der Waals surface area contributed by atoms with Gasteiger partial charge in [-0.2, -0.15) is 0 Å². The zero-order valence-corrected chi connectivity index (χ0v) is 10.5. The van der Waals surface area contributed by atoms with Gasteiger partial charge in [0.2, 0.25) is 0 Å². The predicted octanol–water partition coefficient (Wildman–Crippen LogP) is 1.59. The topological polar surface area (TPSA) is 61.8 Å². The Morgan fingerprint density at radius 1 is 1.05 bits per heavy atom. The molecule has 1 aromatic carbocycles. The summed E-state index contributed by atoms with van der Waals surface area (Å²) in [5.41, 5.74) is 0.313. The molecule has 0 unspecified atom stereocenters. The highest BCUT2D eigenvalue weighted by atomic mass is 16.6. The van der Waals surface area contributed by atoms with E-state index in [0.29, 0.717) is 18.8 Å². The number of hydrogen-bond acceptors (Lipinski definition) is 5. The molecule has 0 saturated heterocycles. The van der Waals surface area contributed by atoms with Crippen molar-refractivity contribution in [1.82, 2.24) is 0 Å². The second-order valence-electron chi connectivity index (χ2n) is 3.48. The molecule has 0 amide bonds. The molecule has 0 saturated carbocycles. The van der Waals surface area contributed by atoms with Crippen LogP contribution >= 0.6 is 0 Å². The third-order valence-electron chi connectivity index (χ3n) is 2.15. The molecule has 0 radical (unpaired) electrons. The van der Waals surface area contributed by atoms with Crippen LogP contribution in [0.15, 0.2) is 43.2 Å². The lowest BCUT2D eigenvalue weighted by Gasteiger charge is -2.05. The minimum absolute atomic E-state index is 0.0332. The maximum atomic E-state index is 11.6. The molecule has 0 aliphatic carbocycles. The fourth-order valence-electron chi connectivity index (χ4n) is 1.26. The van der Waals surface area contributed by atoms with Crippen molar-refractivity contribution in [3.63, 3.8) is 0 Å². The molecule has 1 rings (SSSR count). The summed E-state index contributed by atoms with van der Waals surface area (Å²) in [5.74, 6) is -1.53. The monoisotopic (exact) mass is 264 g/mol. The van der Waals surface area contributed by atoms with Crippen LogP contribution in [0.3, 0.4) is 0 Å². The Bertz CT molecular complexity index is 413. The Labute approximate surface area is 111 Å². The van der Waals surface area contributed by atoms with Gasteiger partial charge in [-0.1, -0.05) is 36.9 Å². The van der Waals surface area contributed by atoms with Gasteiger partial charge in [-0.05, 0) is 0 Å². The van der Waals surface area contributed by atoms with Gasteiger partial charge in [0.05, 0.1) is 19.5 Å². The van der Waals surface area contributed by atoms with Gasteiger partial charge in [0.1, 0.15) is 13.2 Å². The number of ketones is 1. The first-order valence-corrected chi connectivity index (χ1v) is 5.82. The summed E-state index contributed by atoms with van der Waals surface area (Å²) in [6.07, 6.45) is 1.32. The fourth-order valence-corrected chi connectivity index (χ4v) is 1.26. The normalized spacial score (nSPS) is 9.68. The van der Waals surface area contributed by atoms with E-state index < -0.39 is 11.8 Å². The third-order valence-corrected chi connectivity index (χ3v) is 2.15. The van der Waals surface area contributed by atoms with E-state index in [2.05, 4.69) is 6.58 Å². The molecular formula is C14H16O5. The number of Topliss-reactive ketones (excluding diaryl/α,β-unsaturated/α-hetero) is 1. The maximum Gasteiger partial charge on any atom is 0.379 e. The number of carbonyl (C=O) groups is 2. The summed E-state index contributed by atoms with van der Waals surface area (Å²) in [6.45, 7) is 4.39. The number of esters is 1. The van der Waals surface area contributed by atoms with Crippen molar-refractivity contribution in [2.45, 2.75) is 0 Å². The van der Waals surface area contributed by atoms with E-state index in [-0.39, 0.29) is 13.2 Å². The molecule has 0 aliphatic rings. The molecule has 5 nitrogen and oxygen atoms in total. The molecule has 102 valence electrons. The van der Waals surface area contributed by atoms with Gasteiger partial charge in [0.25, 0.3) is 5.78 Å². The lowest BCUT2D eigenvalue weighted by atomic mass is 10.1. The number of carbonyl (C=O) groups excluding carboxylic acids is 2. The predicted molar refractivity (Wildman–Crippen MR) is 68.7 cm³/mol. The van der Waals surface area contributed by atoms with Gasteiger partial charge in [0.15, 0.2) is 0 Å². The number of rotatable bonds is 9. The minimum Gasteiger partial charge on any atom is -0.499 e. The Hall–Kier alpha value is -2.14. The van der Waals surface area contributed by atoms with Crippen LogP contribution in [0.5, 0.6) is 0 Å². The smallest absolute Gasteiger partial charge is 0.379 e. The summed E-state index contributed by atoms with van der Waals surface area (Å²) in [5, 5.41) is 0. The highest BCUT2D eigenvalue weighted by Gasteiger charge is 2.16. The summed E-state index contributed by atoms with van der Waals surface area (Å²) in [6, 6.07) is 8.26. The Balaban J connectivity index is 2.17. The quantitative estimate of drug-likeness (QED) is 0.223.